The Morgan fingerprint density at radius 3 is 2.18 bits per heavy atom. The van der Waals surface area contributed by atoms with Crippen LogP contribution in [-0.2, 0) is 22.6 Å². The highest BCUT2D eigenvalue weighted by Crippen LogP contribution is 2.27. The number of guanidine groups is 1. The van der Waals surface area contributed by atoms with E-state index in [-0.39, 0.29) is 23.8 Å². The van der Waals surface area contributed by atoms with E-state index < -0.39 is 11.7 Å². The smallest absolute Gasteiger partial charge is 0.253 e. The van der Waals surface area contributed by atoms with Crippen molar-refractivity contribution in [2.45, 2.75) is 39.7 Å². The highest BCUT2D eigenvalue weighted by Gasteiger charge is 2.08. The first-order valence-corrected chi connectivity index (χ1v) is 12.0. The molecule has 0 saturated carbocycles. The molecule has 10 N–H and O–H groups in total. The number of hydrogen-bond donors (Lipinski definition) is 6. The second-order valence-electron chi connectivity index (χ2n) is 8.41. The van der Waals surface area contributed by atoms with Gasteiger partial charge in [0.2, 0.25) is 0 Å². The zero-order valence-electron chi connectivity index (χ0n) is 23.2. The van der Waals surface area contributed by atoms with Crippen LogP contribution in [0, 0.1) is 11.7 Å². The monoisotopic (exact) mass is 548 g/mol. The molecule has 0 radical (unpaired) electrons. The summed E-state index contributed by atoms with van der Waals surface area (Å²) >= 11 is 0. The Labute approximate surface area is 229 Å². The number of hydrazine groups is 1. The largest absolute Gasteiger partial charge is 0.493 e. The lowest BCUT2D eigenvalue weighted by Gasteiger charge is -2.08. The van der Waals surface area contributed by atoms with Gasteiger partial charge >= 0.3 is 0 Å². The average molecular weight is 549 g/mol. The Hall–Kier alpha value is -4.23. The van der Waals surface area contributed by atoms with Gasteiger partial charge in [-0.1, -0.05) is 26.0 Å². The van der Waals surface area contributed by atoms with Crippen molar-refractivity contribution in [1.82, 2.24) is 10.9 Å². The van der Waals surface area contributed by atoms with Crippen LogP contribution in [0.15, 0.2) is 46.5 Å². The number of nitrogens with two attached hydrogens (primary N) is 4. The van der Waals surface area contributed by atoms with Crippen molar-refractivity contribution in [3.8, 4) is 11.5 Å². The number of rotatable bonds is 11. The van der Waals surface area contributed by atoms with Crippen molar-refractivity contribution < 1.29 is 23.5 Å². The van der Waals surface area contributed by atoms with Gasteiger partial charge in [0, 0.05) is 13.0 Å². The number of amidine groups is 1. The first kappa shape index (κ1) is 34.8. The molecule has 13 heteroatoms. The van der Waals surface area contributed by atoms with Gasteiger partial charge < -0.3 is 36.8 Å². The summed E-state index contributed by atoms with van der Waals surface area (Å²) in [5.41, 5.74) is 19.7. The maximum atomic E-state index is 13.3. The van der Waals surface area contributed by atoms with E-state index in [0.717, 1.165) is 30.3 Å². The van der Waals surface area contributed by atoms with Crippen LogP contribution >= 0.6 is 0 Å². The van der Waals surface area contributed by atoms with Gasteiger partial charge in [-0.25, -0.2) is 15.8 Å². The molecule has 2 aromatic rings. The molecule has 1 amide bonds. The van der Waals surface area contributed by atoms with Gasteiger partial charge in [0.1, 0.15) is 12.1 Å². The molecule has 0 aliphatic carbocycles. The van der Waals surface area contributed by atoms with Crippen molar-refractivity contribution in [1.29, 1.82) is 0 Å². The van der Waals surface area contributed by atoms with Gasteiger partial charge in [0.25, 0.3) is 5.91 Å². The molecule has 0 unspecified atom stereocenters. The molecule has 0 aliphatic rings. The minimum atomic E-state index is -0.425. The SMILES string of the molecule is CC(C)CCC=O.CNCc1ccc(F)c(/C(N)=N/NN)c1.COc1ccc(CC(=O)N=C(N)N)cc1OC. The second kappa shape index (κ2) is 19.8. The minimum Gasteiger partial charge on any atom is -0.493 e. The summed E-state index contributed by atoms with van der Waals surface area (Å²) in [5.74, 6) is 5.74. The Bertz CT molecular complexity index is 1090. The molecule has 0 aliphatic heterocycles. The van der Waals surface area contributed by atoms with Gasteiger partial charge in [0.15, 0.2) is 23.3 Å². The molecular formula is C26H41FN8O4. The number of carbonyl (C=O) groups excluding carboxylic acids is 2. The van der Waals surface area contributed by atoms with E-state index in [1.54, 1.807) is 37.4 Å². The van der Waals surface area contributed by atoms with Crippen molar-refractivity contribution >= 4 is 24.0 Å². The third kappa shape index (κ3) is 14.9. The molecule has 0 fully saturated rings. The lowest BCUT2D eigenvalue weighted by atomic mass is 10.1. The van der Waals surface area contributed by atoms with Crippen molar-refractivity contribution in [2.24, 2.45) is 39.1 Å². The highest BCUT2D eigenvalue weighted by molar-refractivity contribution is 5.97. The van der Waals surface area contributed by atoms with Crippen molar-refractivity contribution in [3.05, 3.63) is 58.9 Å². The van der Waals surface area contributed by atoms with Crippen LogP contribution in [0.4, 0.5) is 4.39 Å². The molecule has 2 aromatic carbocycles. The first-order chi connectivity index (χ1) is 18.5. The number of hydrazone groups is 1. The van der Waals surface area contributed by atoms with Gasteiger partial charge in [-0.2, -0.15) is 4.99 Å². The molecule has 0 atom stereocenters. The number of carbonyl (C=O) groups is 2. The Kier molecular flexibility index (Phi) is 17.7. The number of methoxy groups -OCH3 is 2. The number of nitrogens with zero attached hydrogens (tertiary/aromatic N) is 2. The number of ether oxygens (including phenoxy) is 2. The standard InChI is InChI=1S/C11H15N3O3.C9H14FN5.C6H12O/c1-16-8-4-3-7(5-9(8)17-2)6-10(15)14-11(12)13;1-13-5-6-2-3-8(10)7(4-6)9(11)14-15-12;1-6(2)4-3-5-7/h3-5H,6H2,1-2H3,(H4,12,13,14,15);2-4,13,15H,5,12H2,1H3,(H2,11,14);5-6H,3-4H2,1-2H3. The summed E-state index contributed by atoms with van der Waals surface area (Å²) in [4.78, 5) is 24.5. The summed E-state index contributed by atoms with van der Waals surface area (Å²) in [5, 5.41) is 6.48. The maximum absolute atomic E-state index is 13.3. The van der Waals surface area contributed by atoms with Crippen LogP contribution in [0.1, 0.15) is 43.4 Å². The molecule has 2 rings (SSSR count). The Morgan fingerprint density at radius 1 is 1.05 bits per heavy atom. The molecule has 0 spiro atoms. The number of hydrogen-bond acceptors (Lipinski definition) is 8. The molecule has 0 saturated heterocycles. The predicted octanol–water partition coefficient (Wildman–Crippen LogP) is 1.30. The fourth-order valence-corrected chi connectivity index (χ4v) is 2.96. The lowest BCUT2D eigenvalue weighted by Crippen LogP contribution is -2.24. The van der Waals surface area contributed by atoms with E-state index in [0.29, 0.717) is 24.0 Å². The predicted molar refractivity (Wildman–Crippen MR) is 151 cm³/mol. The van der Waals surface area contributed by atoms with E-state index in [1.807, 2.05) is 12.6 Å². The minimum absolute atomic E-state index is 0.0213. The quantitative estimate of drug-likeness (QED) is 0.0780. The third-order valence-electron chi connectivity index (χ3n) is 4.79. The number of halogens is 1. The number of benzene rings is 2. The van der Waals surface area contributed by atoms with Crippen LogP contribution in [0.5, 0.6) is 11.5 Å². The zero-order valence-corrected chi connectivity index (χ0v) is 23.2. The van der Waals surface area contributed by atoms with Crippen molar-refractivity contribution in [3.63, 3.8) is 0 Å². The number of nitrogens with one attached hydrogen (secondary N) is 2. The summed E-state index contributed by atoms with van der Waals surface area (Å²) in [6.07, 6.45) is 2.83. The van der Waals surface area contributed by atoms with Crippen LogP contribution in [-0.4, -0.2) is 45.3 Å². The van der Waals surface area contributed by atoms with E-state index in [9.17, 15) is 14.0 Å². The summed E-state index contributed by atoms with van der Waals surface area (Å²) < 4.78 is 23.5. The zero-order chi connectivity index (χ0) is 29.8. The molecule has 12 nitrogen and oxygen atoms in total. The average Bonchev–Trinajstić information content (AvgIpc) is 2.89. The fraction of sp³-hybridized carbons (Fsp3) is 0.385. The Morgan fingerprint density at radius 2 is 1.69 bits per heavy atom. The normalized spacial score (nSPS) is 10.3. The fourth-order valence-electron chi connectivity index (χ4n) is 2.96. The van der Waals surface area contributed by atoms with Crippen LogP contribution < -0.4 is 43.4 Å². The van der Waals surface area contributed by atoms with Gasteiger partial charge in [-0.15, -0.1) is 5.10 Å². The molecule has 216 valence electrons. The summed E-state index contributed by atoms with van der Waals surface area (Å²) in [6.45, 7) is 4.86. The summed E-state index contributed by atoms with van der Waals surface area (Å²) in [6, 6.07) is 9.83. The van der Waals surface area contributed by atoms with Gasteiger partial charge in [0.05, 0.1) is 26.2 Å². The van der Waals surface area contributed by atoms with Crippen LogP contribution in [0.2, 0.25) is 0 Å². The first-order valence-electron chi connectivity index (χ1n) is 12.0. The topological polar surface area (TPSA) is 205 Å². The number of aldehydes is 1. The van der Waals surface area contributed by atoms with Gasteiger partial charge in [-0.3, -0.25) is 4.79 Å². The van der Waals surface area contributed by atoms with E-state index >= 15 is 0 Å². The van der Waals surface area contributed by atoms with E-state index in [4.69, 9.17) is 32.5 Å². The van der Waals surface area contributed by atoms with E-state index in [1.165, 1.54) is 13.2 Å². The second-order valence-corrected chi connectivity index (χ2v) is 8.41. The number of amides is 1. The summed E-state index contributed by atoms with van der Waals surface area (Å²) in [7, 11) is 4.88. The maximum Gasteiger partial charge on any atom is 0.253 e. The third-order valence-corrected chi connectivity index (χ3v) is 4.79. The van der Waals surface area contributed by atoms with Crippen molar-refractivity contribution in [2.75, 3.05) is 21.3 Å². The molecule has 0 heterocycles. The lowest BCUT2D eigenvalue weighted by molar-refractivity contribution is -0.117. The van der Waals surface area contributed by atoms with Gasteiger partial charge in [-0.05, 0) is 54.8 Å². The molecular weight excluding hydrogens is 507 g/mol. The molecule has 0 aromatic heterocycles. The molecule has 39 heavy (non-hydrogen) atoms. The van der Waals surface area contributed by atoms with E-state index in [2.05, 4.69) is 29.3 Å². The van der Waals surface area contributed by atoms with Crippen LogP contribution in [0.25, 0.3) is 0 Å². The van der Waals surface area contributed by atoms with Crippen LogP contribution in [0.3, 0.4) is 0 Å². The number of aliphatic imine (C=N–C) groups is 1. The highest BCUT2D eigenvalue weighted by atomic mass is 19.1. The Balaban J connectivity index is 0.000000602. The molecule has 0 bridgehead atoms.